The molecule has 0 spiro atoms. The predicted molar refractivity (Wildman–Crippen MR) is 111 cm³/mol. The number of rotatable bonds is 9. The van der Waals surface area contributed by atoms with Crippen molar-refractivity contribution in [2.75, 3.05) is 20.8 Å². The molecule has 1 amide bonds. The average molecular weight is 445 g/mol. The number of hydrogen-bond donors (Lipinski definition) is 2. The topological polar surface area (TPSA) is 103 Å². The molecule has 168 valence electrons. The Morgan fingerprint density at radius 2 is 1.69 bits per heavy atom. The molecule has 8 nitrogen and oxygen atoms in total. The summed E-state index contributed by atoms with van der Waals surface area (Å²) in [6, 6.07) is 10.8. The summed E-state index contributed by atoms with van der Waals surface area (Å²) in [5, 5.41) is 13.1. The first kappa shape index (κ1) is 22.9. The molecular formula is C22H21F2N3O5. The maximum absolute atomic E-state index is 12.5. The number of aromatic nitrogens is 2. The number of nitrogens with one attached hydrogen (secondary N) is 1. The first-order chi connectivity index (χ1) is 15.4. The van der Waals surface area contributed by atoms with Crippen molar-refractivity contribution in [2.45, 2.75) is 12.7 Å². The van der Waals surface area contributed by atoms with Gasteiger partial charge in [-0.2, -0.15) is 8.78 Å². The number of ether oxygens (including phenoxy) is 3. The lowest BCUT2D eigenvalue weighted by Gasteiger charge is -2.15. The summed E-state index contributed by atoms with van der Waals surface area (Å²) in [6.07, 6.45) is 1.71. The van der Waals surface area contributed by atoms with Crippen molar-refractivity contribution in [2.24, 2.45) is 0 Å². The lowest BCUT2D eigenvalue weighted by Crippen LogP contribution is -2.29. The lowest BCUT2D eigenvalue weighted by molar-refractivity contribution is -0.0498. The lowest BCUT2D eigenvalue weighted by atomic mass is 10.1. The van der Waals surface area contributed by atoms with Gasteiger partial charge in [0.1, 0.15) is 22.9 Å². The zero-order valence-electron chi connectivity index (χ0n) is 17.3. The molecule has 0 aliphatic heterocycles. The number of aliphatic hydroxyl groups excluding tert-OH is 1. The van der Waals surface area contributed by atoms with Gasteiger partial charge in [0.05, 0.1) is 38.4 Å². The number of nitrogens with zero attached hydrogens (tertiary/aromatic N) is 2. The molecule has 1 atom stereocenters. The van der Waals surface area contributed by atoms with E-state index < -0.39 is 18.6 Å². The fourth-order valence-corrected chi connectivity index (χ4v) is 2.84. The highest BCUT2D eigenvalue weighted by Gasteiger charge is 2.15. The number of hydrogen-bond acceptors (Lipinski definition) is 7. The number of aliphatic hydroxyl groups is 1. The Balaban J connectivity index is 1.67. The highest BCUT2D eigenvalue weighted by atomic mass is 19.3. The summed E-state index contributed by atoms with van der Waals surface area (Å²) in [6.45, 7) is -3.00. The van der Waals surface area contributed by atoms with Crippen LogP contribution in [0.3, 0.4) is 0 Å². The highest BCUT2D eigenvalue weighted by Crippen LogP contribution is 2.26. The van der Waals surface area contributed by atoms with E-state index in [9.17, 15) is 18.7 Å². The number of amides is 1. The Labute approximate surface area is 182 Å². The third kappa shape index (κ3) is 5.88. The van der Waals surface area contributed by atoms with Crippen LogP contribution < -0.4 is 19.5 Å². The molecule has 0 aliphatic carbocycles. The van der Waals surface area contributed by atoms with Gasteiger partial charge in [0.25, 0.3) is 5.91 Å². The normalized spacial score (nSPS) is 11.7. The molecule has 10 heteroatoms. The van der Waals surface area contributed by atoms with E-state index in [0.717, 1.165) is 0 Å². The van der Waals surface area contributed by atoms with Crippen molar-refractivity contribution in [1.29, 1.82) is 0 Å². The largest absolute Gasteiger partial charge is 0.497 e. The highest BCUT2D eigenvalue weighted by molar-refractivity contribution is 5.92. The average Bonchev–Trinajstić information content (AvgIpc) is 2.82. The van der Waals surface area contributed by atoms with Gasteiger partial charge in [-0.05, 0) is 42.0 Å². The van der Waals surface area contributed by atoms with E-state index in [2.05, 4.69) is 20.0 Å². The Kier molecular flexibility index (Phi) is 7.50. The second kappa shape index (κ2) is 10.5. The van der Waals surface area contributed by atoms with Gasteiger partial charge >= 0.3 is 6.61 Å². The number of methoxy groups -OCH3 is 2. The zero-order chi connectivity index (χ0) is 23.1. The van der Waals surface area contributed by atoms with Crippen molar-refractivity contribution in [3.05, 3.63) is 66.1 Å². The molecule has 0 saturated heterocycles. The van der Waals surface area contributed by atoms with E-state index in [-0.39, 0.29) is 18.0 Å². The molecule has 3 aromatic rings. The fraction of sp³-hybridized carbons (Fsp3) is 0.227. The minimum atomic E-state index is -2.92. The molecule has 0 fully saturated rings. The van der Waals surface area contributed by atoms with Crippen LogP contribution in [0.15, 0.2) is 54.9 Å². The van der Waals surface area contributed by atoms with E-state index >= 15 is 0 Å². The Hall–Kier alpha value is -3.79. The minimum absolute atomic E-state index is 0.00812. The van der Waals surface area contributed by atoms with E-state index in [1.54, 1.807) is 18.2 Å². The SMILES string of the molecule is COc1cc(OC)cc([C@H](O)CNC(=O)c2cncc(-c3ccc(OC(F)F)cc3)n2)c1. The molecule has 2 N–H and O–H groups in total. The fourth-order valence-electron chi connectivity index (χ4n) is 2.84. The van der Waals surface area contributed by atoms with Gasteiger partial charge in [-0.15, -0.1) is 0 Å². The third-order valence-electron chi connectivity index (χ3n) is 4.46. The van der Waals surface area contributed by atoms with Crippen LogP contribution in [0.2, 0.25) is 0 Å². The number of carbonyl (C=O) groups is 1. The van der Waals surface area contributed by atoms with Crippen molar-refractivity contribution in [3.8, 4) is 28.5 Å². The maximum atomic E-state index is 12.5. The zero-order valence-corrected chi connectivity index (χ0v) is 17.3. The summed E-state index contributed by atoms with van der Waals surface area (Å²) in [5.74, 6) is 0.487. The van der Waals surface area contributed by atoms with Gasteiger partial charge < -0.3 is 24.6 Å². The number of halogens is 2. The molecule has 0 radical (unpaired) electrons. The van der Waals surface area contributed by atoms with Gasteiger partial charge in [0, 0.05) is 18.2 Å². The van der Waals surface area contributed by atoms with Crippen LogP contribution in [0.4, 0.5) is 8.78 Å². The van der Waals surface area contributed by atoms with Gasteiger partial charge in [-0.1, -0.05) is 0 Å². The smallest absolute Gasteiger partial charge is 0.387 e. The second-order valence-electron chi connectivity index (χ2n) is 6.56. The second-order valence-corrected chi connectivity index (χ2v) is 6.56. The van der Waals surface area contributed by atoms with E-state index in [4.69, 9.17) is 9.47 Å². The van der Waals surface area contributed by atoms with E-state index in [0.29, 0.717) is 28.3 Å². The minimum Gasteiger partial charge on any atom is -0.497 e. The molecule has 1 aromatic heterocycles. The Bertz CT molecular complexity index is 1040. The standard InChI is InChI=1S/C22H21F2N3O5/c1-30-16-7-14(8-17(9-16)31-2)20(28)12-26-21(29)19-11-25-10-18(27-19)13-3-5-15(6-4-13)32-22(23)24/h3-11,20,22,28H,12H2,1-2H3,(H,26,29)/t20-/m1/s1. The van der Waals surface area contributed by atoms with Crippen LogP contribution in [0.25, 0.3) is 11.3 Å². The van der Waals surface area contributed by atoms with Crippen LogP contribution in [0.1, 0.15) is 22.2 Å². The summed E-state index contributed by atoms with van der Waals surface area (Å²) >= 11 is 0. The predicted octanol–water partition coefficient (Wildman–Crippen LogP) is 3.23. The van der Waals surface area contributed by atoms with Crippen molar-refractivity contribution >= 4 is 5.91 Å². The molecule has 3 rings (SSSR count). The molecule has 1 heterocycles. The summed E-state index contributed by atoms with van der Waals surface area (Å²) in [4.78, 5) is 20.8. The van der Waals surface area contributed by atoms with Crippen LogP contribution in [0, 0.1) is 0 Å². The Morgan fingerprint density at radius 1 is 1.03 bits per heavy atom. The Morgan fingerprint density at radius 3 is 2.28 bits per heavy atom. The molecular weight excluding hydrogens is 424 g/mol. The van der Waals surface area contributed by atoms with Crippen molar-refractivity contribution < 1.29 is 32.9 Å². The summed E-state index contributed by atoms with van der Waals surface area (Å²) in [7, 11) is 3.00. The maximum Gasteiger partial charge on any atom is 0.387 e. The van der Waals surface area contributed by atoms with Crippen molar-refractivity contribution in [1.82, 2.24) is 15.3 Å². The van der Waals surface area contributed by atoms with Crippen LogP contribution >= 0.6 is 0 Å². The molecule has 32 heavy (non-hydrogen) atoms. The monoisotopic (exact) mass is 445 g/mol. The molecule has 0 bridgehead atoms. The van der Waals surface area contributed by atoms with Crippen LogP contribution in [-0.2, 0) is 0 Å². The third-order valence-corrected chi connectivity index (χ3v) is 4.46. The molecule has 0 unspecified atom stereocenters. The number of carbonyl (C=O) groups excluding carboxylic acids is 1. The van der Waals surface area contributed by atoms with Gasteiger partial charge in [-0.25, -0.2) is 4.98 Å². The number of alkyl halides is 2. The molecule has 0 aliphatic rings. The van der Waals surface area contributed by atoms with Gasteiger partial charge in [0.2, 0.25) is 0 Å². The summed E-state index contributed by atoms with van der Waals surface area (Å²) in [5.41, 5.74) is 1.48. The van der Waals surface area contributed by atoms with Crippen LogP contribution in [0.5, 0.6) is 17.2 Å². The van der Waals surface area contributed by atoms with E-state index in [1.165, 1.54) is 50.9 Å². The van der Waals surface area contributed by atoms with Gasteiger partial charge in [-0.3, -0.25) is 9.78 Å². The van der Waals surface area contributed by atoms with Gasteiger partial charge in [0.15, 0.2) is 0 Å². The number of benzene rings is 2. The first-order valence-electron chi connectivity index (χ1n) is 9.46. The van der Waals surface area contributed by atoms with Crippen molar-refractivity contribution in [3.63, 3.8) is 0 Å². The molecule has 0 saturated carbocycles. The summed E-state index contributed by atoms with van der Waals surface area (Å²) < 4.78 is 39.2. The van der Waals surface area contributed by atoms with Crippen LogP contribution in [-0.4, -0.2) is 48.4 Å². The quantitative estimate of drug-likeness (QED) is 0.521. The molecule has 2 aromatic carbocycles. The van der Waals surface area contributed by atoms with E-state index in [1.807, 2.05) is 0 Å². The first-order valence-corrected chi connectivity index (χ1v) is 9.46.